The molecule has 0 aliphatic carbocycles. The zero-order chi connectivity index (χ0) is 23.4. The fourth-order valence-electron chi connectivity index (χ4n) is 3.67. The van der Waals surface area contributed by atoms with Gasteiger partial charge < -0.3 is 19.5 Å². The number of amides is 1. The van der Waals surface area contributed by atoms with Crippen molar-refractivity contribution in [2.45, 2.75) is 31.3 Å². The third-order valence-electron chi connectivity index (χ3n) is 5.46. The minimum atomic E-state index is -4.44. The molecule has 0 unspecified atom stereocenters. The monoisotopic (exact) mass is 460 g/mol. The fraction of sp³-hybridized carbons (Fsp3) is 0.333. The Morgan fingerprint density at radius 2 is 1.85 bits per heavy atom. The molecule has 1 N–H and O–H groups in total. The van der Waals surface area contributed by atoms with Crippen LogP contribution in [0.4, 0.5) is 13.2 Å². The third-order valence-corrected chi connectivity index (χ3v) is 5.46. The molecule has 6 nitrogen and oxygen atoms in total. The van der Waals surface area contributed by atoms with Gasteiger partial charge in [0.25, 0.3) is 5.91 Å². The maximum absolute atomic E-state index is 12.7. The molecule has 0 bridgehead atoms. The zero-order valence-corrected chi connectivity index (χ0v) is 17.9. The summed E-state index contributed by atoms with van der Waals surface area (Å²) in [5.74, 6) is 0.283. The van der Waals surface area contributed by atoms with Crippen LogP contribution in [0, 0.1) is 0 Å². The number of aromatic nitrogens is 1. The van der Waals surface area contributed by atoms with E-state index in [9.17, 15) is 18.0 Å². The highest BCUT2D eigenvalue weighted by Gasteiger charge is 2.30. The molecule has 1 amide bonds. The minimum Gasteiger partial charge on any atom is -0.497 e. The first-order valence-electron chi connectivity index (χ1n) is 10.5. The highest BCUT2D eigenvalue weighted by Crippen LogP contribution is 2.29. The normalized spacial score (nSPS) is 18.8. The molecule has 4 rings (SSSR count). The topological polar surface area (TPSA) is 69.7 Å². The number of hydrogen-bond acceptors (Lipinski definition) is 5. The first-order valence-corrected chi connectivity index (χ1v) is 10.5. The molecular formula is C24H23F3N2O4. The number of rotatable bonds is 6. The Hall–Kier alpha value is -3.17. The summed E-state index contributed by atoms with van der Waals surface area (Å²) in [4.78, 5) is 16.7. The Kier molecular flexibility index (Phi) is 6.80. The summed E-state index contributed by atoms with van der Waals surface area (Å²) in [5.41, 5.74) is 1.32. The molecule has 2 aromatic carbocycles. The Balaban J connectivity index is 1.28. The summed E-state index contributed by atoms with van der Waals surface area (Å²) in [6, 6.07) is 11.4. The van der Waals surface area contributed by atoms with E-state index in [4.69, 9.17) is 14.2 Å². The van der Waals surface area contributed by atoms with Gasteiger partial charge in [0.05, 0.1) is 37.4 Å². The molecule has 1 aliphatic rings. The zero-order valence-electron chi connectivity index (χ0n) is 17.9. The Labute approximate surface area is 188 Å². The molecule has 0 spiro atoms. The molecule has 174 valence electrons. The van der Waals surface area contributed by atoms with Crippen molar-refractivity contribution in [3.63, 3.8) is 0 Å². The van der Waals surface area contributed by atoms with Crippen LogP contribution in [0.5, 0.6) is 5.75 Å². The number of ether oxygens (including phenoxy) is 3. The average molecular weight is 460 g/mol. The van der Waals surface area contributed by atoms with Crippen LogP contribution < -0.4 is 10.1 Å². The fourth-order valence-corrected chi connectivity index (χ4v) is 3.67. The molecule has 2 heterocycles. The number of fused-ring (bicyclic) bond motifs is 1. The number of aryl methyl sites for hydroxylation is 1. The molecule has 9 heteroatoms. The lowest BCUT2D eigenvalue weighted by Gasteiger charge is -2.30. The van der Waals surface area contributed by atoms with Crippen molar-refractivity contribution >= 4 is 16.8 Å². The standard InChI is InChI=1S/C24H23F3N2O4/c1-31-19-7-8-21-20(12-19)15(10-11-28-21)4-9-22-32-13-18(14-33-22)29-23(30)16-2-5-17(6-3-16)24(25,26)27/h2-3,5-8,10-12,18,22H,4,9,13-14H2,1H3,(H,29,30). The van der Waals surface area contributed by atoms with Crippen molar-refractivity contribution in [3.8, 4) is 5.75 Å². The van der Waals surface area contributed by atoms with Crippen LogP contribution in [-0.4, -0.2) is 43.5 Å². The van der Waals surface area contributed by atoms with Gasteiger partial charge in [0.2, 0.25) is 0 Å². The van der Waals surface area contributed by atoms with Crippen molar-refractivity contribution < 1.29 is 32.2 Å². The maximum Gasteiger partial charge on any atom is 0.416 e. The number of nitrogens with one attached hydrogen (secondary N) is 1. The molecule has 0 saturated carbocycles. The summed E-state index contributed by atoms with van der Waals surface area (Å²) in [6.07, 6.45) is -1.77. The van der Waals surface area contributed by atoms with Crippen molar-refractivity contribution in [1.82, 2.24) is 10.3 Å². The molecule has 0 radical (unpaired) electrons. The van der Waals surface area contributed by atoms with Gasteiger partial charge in [0.1, 0.15) is 5.75 Å². The van der Waals surface area contributed by atoms with Crippen LogP contribution in [0.1, 0.15) is 27.9 Å². The van der Waals surface area contributed by atoms with Gasteiger partial charge in [-0.2, -0.15) is 13.2 Å². The maximum atomic E-state index is 12.7. The molecule has 0 atom stereocenters. The summed E-state index contributed by atoms with van der Waals surface area (Å²) in [6.45, 7) is 0.504. The molecular weight excluding hydrogens is 437 g/mol. The highest BCUT2D eigenvalue weighted by molar-refractivity contribution is 5.94. The van der Waals surface area contributed by atoms with E-state index in [-0.39, 0.29) is 24.8 Å². The molecule has 1 aliphatic heterocycles. The summed E-state index contributed by atoms with van der Waals surface area (Å²) in [5, 5.41) is 3.74. The van der Waals surface area contributed by atoms with Crippen molar-refractivity contribution in [3.05, 3.63) is 71.4 Å². The van der Waals surface area contributed by atoms with Crippen LogP contribution >= 0.6 is 0 Å². The van der Waals surface area contributed by atoms with Crippen LogP contribution in [0.2, 0.25) is 0 Å². The van der Waals surface area contributed by atoms with Crippen molar-refractivity contribution in [1.29, 1.82) is 0 Å². The number of halogens is 3. The van der Waals surface area contributed by atoms with Gasteiger partial charge >= 0.3 is 6.18 Å². The number of carbonyl (C=O) groups is 1. The number of carbonyl (C=O) groups excluding carboxylic acids is 1. The van der Waals surface area contributed by atoms with E-state index < -0.39 is 23.9 Å². The van der Waals surface area contributed by atoms with Gasteiger partial charge in [-0.05, 0) is 60.5 Å². The number of methoxy groups -OCH3 is 1. The number of alkyl halides is 3. The number of hydrogen-bond donors (Lipinski definition) is 1. The Bertz CT molecular complexity index is 1110. The van der Waals surface area contributed by atoms with Crippen molar-refractivity contribution in [2.24, 2.45) is 0 Å². The lowest BCUT2D eigenvalue weighted by atomic mass is 10.0. The lowest BCUT2D eigenvalue weighted by molar-refractivity contribution is -0.190. The second kappa shape index (κ2) is 9.76. The van der Waals surface area contributed by atoms with Gasteiger partial charge in [-0.1, -0.05) is 0 Å². The predicted octanol–water partition coefficient (Wildman–Crippen LogP) is 4.37. The van der Waals surface area contributed by atoms with Gasteiger partial charge in [-0.3, -0.25) is 9.78 Å². The molecule has 3 aromatic rings. The van der Waals surface area contributed by atoms with Gasteiger partial charge in [-0.25, -0.2) is 0 Å². The molecule has 1 aromatic heterocycles. The highest BCUT2D eigenvalue weighted by atomic mass is 19.4. The quantitative estimate of drug-likeness (QED) is 0.592. The van der Waals surface area contributed by atoms with Crippen LogP contribution in [0.15, 0.2) is 54.7 Å². The minimum absolute atomic E-state index is 0.144. The number of pyridine rings is 1. The van der Waals surface area contributed by atoms with Gasteiger partial charge in [0.15, 0.2) is 6.29 Å². The predicted molar refractivity (Wildman–Crippen MR) is 115 cm³/mol. The lowest BCUT2D eigenvalue weighted by Crippen LogP contribution is -2.47. The van der Waals surface area contributed by atoms with E-state index >= 15 is 0 Å². The van der Waals surface area contributed by atoms with E-state index in [1.165, 1.54) is 0 Å². The van der Waals surface area contributed by atoms with Gasteiger partial charge in [-0.15, -0.1) is 0 Å². The Morgan fingerprint density at radius 1 is 1.12 bits per heavy atom. The van der Waals surface area contributed by atoms with E-state index in [1.54, 1.807) is 13.3 Å². The molecule has 1 fully saturated rings. The average Bonchev–Trinajstić information content (AvgIpc) is 2.82. The first kappa shape index (κ1) is 23.0. The number of nitrogens with zero attached hydrogens (tertiary/aromatic N) is 1. The van der Waals surface area contributed by atoms with Crippen molar-refractivity contribution in [2.75, 3.05) is 20.3 Å². The largest absolute Gasteiger partial charge is 0.497 e. The summed E-state index contributed by atoms with van der Waals surface area (Å²) >= 11 is 0. The third kappa shape index (κ3) is 5.61. The van der Waals surface area contributed by atoms with Crippen LogP contribution in [0.3, 0.4) is 0 Å². The number of benzene rings is 2. The second-order valence-electron chi connectivity index (χ2n) is 7.73. The van der Waals surface area contributed by atoms with Crippen LogP contribution in [0.25, 0.3) is 10.9 Å². The smallest absolute Gasteiger partial charge is 0.416 e. The van der Waals surface area contributed by atoms with Crippen LogP contribution in [-0.2, 0) is 22.1 Å². The first-order chi connectivity index (χ1) is 15.8. The summed E-state index contributed by atoms with van der Waals surface area (Å²) < 4.78 is 54.8. The SMILES string of the molecule is COc1ccc2nccc(CCC3OCC(NC(=O)c4ccc(C(F)(F)F)cc4)CO3)c2c1. The van der Waals surface area contributed by atoms with E-state index in [2.05, 4.69) is 10.3 Å². The van der Waals surface area contributed by atoms with E-state index in [0.717, 1.165) is 46.5 Å². The second-order valence-corrected chi connectivity index (χ2v) is 7.73. The molecule has 1 saturated heterocycles. The summed E-state index contributed by atoms with van der Waals surface area (Å²) in [7, 11) is 1.62. The van der Waals surface area contributed by atoms with E-state index in [0.29, 0.717) is 12.8 Å². The van der Waals surface area contributed by atoms with Gasteiger partial charge in [0, 0.05) is 23.6 Å². The Morgan fingerprint density at radius 3 is 2.52 bits per heavy atom. The van der Waals surface area contributed by atoms with E-state index in [1.807, 2.05) is 24.3 Å². The molecule has 33 heavy (non-hydrogen) atoms.